The number of benzene rings is 1. The second-order valence-corrected chi connectivity index (χ2v) is 4.44. The third-order valence-electron chi connectivity index (χ3n) is 3.48. The van der Waals surface area contributed by atoms with Gasteiger partial charge in [0.05, 0.1) is 6.20 Å². The van der Waals surface area contributed by atoms with Gasteiger partial charge in [-0.15, -0.1) is 0 Å². The largest absolute Gasteiger partial charge is 0.384 e. The zero-order valence-corrected chi connectivity index (χ0v) is 9.38. The summed E-state index contributed by atoms with van der Waals surface area (Å²) in [5.41, 5.74) is 12.6. The van der Waals surface area contributed by atoms with Gasteiger partial charge in [0.1, 0.15) is 5.82 Å². The van der Waals surface area contributed by atoms with Crippen molar-refractivity contribution < 1.29 is 0 Å². The number of aromatic nitrogens is 2. The predicted octanol–water partition coefficient (Wildman–Crippen LogP) is 2.46. The van der Waals surface area contributed by atoms with Crippen molar-refractivity contribution >= 4 is 5.82 Å². The van der Waals surface area contributed by atoms with Crippen molar-refractivity contribution in [3.8, 4) is 11.1 Å². The third-order valence-corrected chi connectivity index (χ3v) is 3.48. The van der Waals surface area contributed by atoms with E-state index in [1.807, 2.05) is 6.20 Å². The number of aromatic amines is 1. The van der Waals surface area contributed by atoms with Crippen LogP contribution < -0.4 is 5.73 Å². The van der Waals surface area contributed by atoms with Gasteiger partial charge in [-0.05, 0) is 48.4 Å². The number of hydrogen-bond acceptors (Lipinski definition) is 2. The fourth-order valence-electron chi connectivity index (χ4n) is 2.65. The van der Waals surface area contributed by atoms with Gasteiger partial charge in [0.25, 0.3) is 0 Å². The lowest BCUT2D eigenvalue weighted by molar-refractivity contribution is 0.910. The molecule has 0 unspecified atom stereocenters. The molecule has 1 aliphatic rings. The molecule has 3 nitrogen and oxygen atoms in total. The quantitative estimate of drug-likeness (QED) is 0.764. The number of H-pyrrole nitrogens is 1. The van der Waals surface area contributed by atoms with Crippen LogP contribution in [0.1, 0.15) is 23.1 Å². The Kier molecular flexibility index (Phi) is 1.99. The molecule has 82 valence electrons. The van der Waals surface area contributed by atoms with Crippen LogP contribution in [0.3, 0.4) is 0 Å². The van der Waals surface area contributed by atoms with Crippen LogP contribution >= 0.6 is 0 Å². The van der Waals surface area contributed by atoms with E-state index in [2.05, 4.69) is 29.3 Å². The second-order valence-electron chi connectivity index (χ2n) is 4.44. The molecule has 0 saturated heterocycles. The van der Waals surface area contributed by atoms with E-state index in [1.54, 1.807) is 0 Å². The molecule has 0 saturated carbocycles. The van der Waals surface area contributed by atoms with E-state index in [0.717, 1.165) is 12.0 Å². The van der Waals surface area contributed by atoms with E-state index < -0.39 is 0 Å². The monoisotopic (exact) mass is 213 g/mol. The lowest BCUT2D eigenvalue weighted by Crippen LogP contribution is -1.94. The second kappa shape index (κ2) is 3.37. The van der Waals surface area contributed by atoms with E-state index >= 15 is 0 Å². The minimum atomic E-state index is 0.665. The summed E-state index contributed by atoms with van der Waals surface area (Å²) in [5, 5.41) is 6.80. The molecule has 0 spiro atoms. The Balaban J connectivity index is 2.23. The van der Waals surface area contributed by atoms with E-state index in [4.69, 9.17) is 5.73 Å². The van der Waals surface area contributed by atoms with Crippen LogP contribution in [-0.4, -0.2) is 10.2 Å². The summed E-state index contributed by atoms with van der Waals surface area (Å²) in [5.74, 6) is 0.665. The first kappa shape index (κ1) is 9.46. The molecule has 1 heterocycles. The highest BCUT2D eigenvalue weighted by molar-refractivity contribution is 5.77. The van der Waals surface area contributed by atoms with Crippen molar-refractivity contribution in [2.24, 2.45) is 0 Å². The highest BCUT2D eigenvalue weighted by Gasteiger charge is 2.19. The van der Waals surface area contributed by atoms with Crippen LogP contribution in [0, 0.1) is 6.92 Å². The van der Waals surface area contributed by atoms with Gasteiger partial charge in [-0.1, -0.05) is 12.1 Å². The van der Waals surface area contributed by atoms with Gasteiger partial charge in [0.15, 0.2) is 0 Å². The van der Waals surface area contributed by atoms with Crippen molar-refractivity contribution in [3.63, 3.8) is 0 Å². The zero-order valence-electron chi connectivity index (χ0n) is 9.38. The van der Waals surface area contributed by atoms with Gasteiger partial charge in [-0.2, -0.15) is 5.10 Å². The summed E-state index contributed by atoms with van der Waals surface area (Å²) < 4.78 is 0. The molecule has 0 aliphatic heterocycles. The van der Waals surface area contributed by atoms with Gasteiger partial charge in [-0.25, -0.2) is 0 Å². The van der Waals surface area contributed by atoms with E-state index in [9.17, 15) is 0 Å². The minimum Gasteiger partial charge on any atom is -0.384 e. The highest BCUT2D eigenvalue weighted by Crippen LogP contribution is 2.35. The number of aryl methyl sites for hydroxylation is 1. The molecule has 0 radical (unpaired) electrons. The lowest BCUT2D eigenvalue weighted by atomic mass is 9.95. The summed E-state index contributed by atoms with van der Waals surface area (Å²) in [6.07, 6.45) is 5.44. The first-order valence-corrected chi connectivity index (χ1v) is 5.68. The molecule has 0 atom stereocenters. The molecule has 3 rings (SSSR count). The van der Waals surface area contributed by atoms with Crippen LogP contribution in [0.2, 0.25) is 0 Å². The maximum Gasteiger partial charge on any atom is 0.126 e. The highest BCUT2D eigenvalue weighted by atomic mass is 15.1. The van der Waals surface area contributed by atoms with Crippen LogP contribution in [0.25, 0.3) is 11.1 Å². The molecular weight excluding hydrogens is 198 g/mol. The Morgan fingerprint density at radius 3 is 2.75 bits per heavy atom. The number of nitrogens with zero attached hydrogens (tertiary/aromatic N) is 1. The molecular formula is C13H15N3. The fraction of sp³-hybridized carbons (Fsp3) is 0.308. The fourth-order valence-corrected chi connectivity index (χ4v) is 2.65. The zero-order chi connectivity index (χ0) is 11.1. The Morgan fingerprint density at radius 2 is 2.00 bits per heavy atom. The molecule has 3 N–H and O–H groups in total. The predicted molar refractivity (Wildman–Crippen MR) is 65.2 cm³/mol. The summed E-state index contributed by atoms with van der Waals surface area (Å²) in [4.78, 5) is 0. The summed E-state index contributed by atoms with van der Waals surface area (Å²) >= 11 is 0. The molecule has 0 amide bonds. The lowest BCUT2D eigenvalue weighted by Gasteiger charge is -2.10. The average Bonchev–Trinajstić information content (AvgIpc) is 2.88. The van der Waals surface area contributed by atoms with Crippen molar-refractivity contribution in [2.45, 2.75) is 26.2 Å². The molecule has 1 aliphatic carbocycles. The molecule has 16 heavy (non-hydrogen) atoms. The van der Waals surface area contributed by atoms with Gasteiger partial charge in [0.2, 0.25) is 0 Å². The van der Waals surface area contributed by atoms with Gasteiger partial charge in [-0.3, -0.25) is 5.10 Å². The molecule has 0 bridgehead atoms. The van der Waals surface area contributed by atoms with Gasteiger partial charge in [0, 0.05) is 5.56 Å². The normalized spacial score (nSPS) is 14.1. The molecule has 2 aromatic rings. The minimum absolute atomic E-state index is 0.665. The molecule has 1 aromatic carbocycles. The van der Waals surface area contributed by atoms with Crippen LogP contribution in [0.4, 0.5) is 5.82 Å². The Hall–Kier alpha value is -1.77. The number of hydrogen-bond donors (Lipinski definition) is 2. The SMILES string of the molecule is Cc1ccc(-c2cn[nH]c2N)c2c1CCC2. The smallest absolute Gasteiger partial charge is 0.126 e. The van der Waals surface area contributed by atoms with Crippen molar-refractivity contribution in [3.05, 3.63) is 35.0 Å². The van der Waals surface area contributed by atoms with Crippen LogP contribution in [0.15, 0.2) is 18.3 Å². The van der Waals surface area contributed by atoms with Crippen molar-refractivity contribution in [1.82, 2.24) is 10.2 Å². The third kappa shape index (κ3) is 1.24. The van der Waals surface area contributed by atoms with Crippen LogP contribution in [-0.2, 0) is 12.8 Å². The molecule has 3 heteroatoms. The number of nitrogens with two attached hydrogens (primary N) is 1. The summed E-state index contributed by atoms with van der Waals surface area (Å²) in [6, 6.07) is 4.35. The number of fused-ring (bicyclic) bond motifs is 1. The number of anilines is 1. The topological polar surface area (TPSA) is 54.7 Å². The number of rotatable bonds is 1. The Bertz CT molecular complexity index is 540. The van der Waals surface area contributed by atoms with Gasteiger partial charge >= 0.3 is 0 Å². The molecule has 0 fully saturated rings. The van der Waals surface area contributed by atoms with Gasteiger partial charge < -0.3 is 5.73 Å². The van der Waals surface area contributed by atoms with E-state index in [1.165, 1.54) is 35.1 Å². The Morgan fingerprint density at radius 1 is 1.19 bits per heavy atom. The maximum atomic E-state index is 5.89. The van der Waals surface area contributed by atoms with Crippen molar-refractivity contribution in [2.75, 3.05) is 5.73 Å². The summed E-state index contributed by atoms with van der Waals surface area (Å²) in [7, 11) is 0. The number of nitrogen functional groups attached to an aromatic ring is 1. The first-order chi connectivity index (χ1) is 7.77. The maximum absolute atomic E-state index is 5.89. The first-order valence-electron chi connectivity index (χ1n) is 5.68. The standard InChI is InChI=1S/C13H15N3/c1-8-5-6-11(10-4-2-3-9(8)10)12-7-15-16-13(12)14/h5-7H,2-4H2,1H3,(H3,14,15,16). The molecule has 1 aromatic heterocycles. The Labute approximate surface area is 94.7 Å². The van der Waals surface area contributed by atoms with Crippen molar-refractivity contribution in [1.29, 1.82) is 0 Å². The van der Waals surface area contributed by atoms with E-state index in [-0.39, 0.29) is 0 Å². The van der Waals surface area contributed by atoms with Crippen LogP contribution in [0.5, 0.6) is 0 Å². The van der Waals surface area contributed by atoms with E-state index in [0.29, 0.717) is 5.82 Å². The average molecular weight is 213 g/mol. The number of nitrogens with one attached hydrogen (secondary N) is 1. The summed E-state index contributed by atoms with van der Waals surface area (Å²) in [6.45, 7) is 2.19.